The van der Waals surface area contributed by atoms with E-state index < -0.39 is 0 Å². The van der Waals surface area contributed by atoms with Gasteiger partial charge in [0, 0.05) is 26.5 Å². The van der Waals surface area contributed by atoms with Gasteiger partial charge in [0.15, 0.2) is 6.29 Å². The van der Waals surface area contributed by atoms with E-state index in [9.17, 15) is 0 Å². The summed E-state index contributed by atoms with van der Waals surface area (Å²) in [5.41, 5.74) is 1.28. The van der Waals surface area contributed by atoms with Gasteiger partial charge in [0.2, 0.25) is 0 Å². The third-order valence-electron chi connectivity index (χ3n) is 1.73. The molecule has 0 N–H and O–H groups in total. The molecule has 0 fully saturated rings. The summed E-state index contributed by atoms with van der Waals surface area (Å²) in [5.74, 6) is 0.580. The van der Waals surface area contributed by atoms with Crippen LogP contribution in [0.25, 0.3) is 0 Å². The Kier molecular flexibility index (Phi) is 7.56. The average Bonchev–Trinajstić information content (AvgIpc) is 2.07. The topological polar surface area (TPSA) is 18.5 Å². The molecule has 0 aromatic rings. The summed E-state index contributed by atoms with van der Waals surface area (Å²) in [4.78, 5) is 0. The minimum absolute atomic E-state index is 0.0938. The lowest BCUT2D eigenvalue weighted by Crippen LogP contribution is -2.12. The molecule has 0 aromatic heterocycles. The molecule has 0 saturated carbocycles. The molecule has 0 unspecified atom stereocenters. The lowest BCUT2D eigenvalue weighted by atomic mass is 10.1. The summed E-state index contributed by atoms with van der Waals surface area (Å²) in [6.45, 7) is 2.06. The zero-order valence-electron chi connectivity index (χ0n) is 7.97. The van der Waals surface area contributed by atoms with Gasteiger partial charge < -0.3 is 9.47 Å². The molecule has 0 amide bonds. The molecule has 0 atom stereocenters. The molecule has 2 nitrogen and oxygen atoms in total. The predicted molar refractivity (Wildman–Crippen MR) is 51.5 cm³/mol. The second-order valence-corrected chi connectivity index (χ2v) is 2.95. The zero-order valence-corrected chi connectivity index (χ0v) is 8.73. The molecular weight excluding hydrogens is 176 g/mol. The second kappa shape index (κ2) is 7.59. The number of halogens is 1. The van der Waals surface area contributed by atoms with E-state index in [1.54, 1.807) is 14.2 Å². The summed E-state index contributed by atoms with van der Waals surface area (Å²) in [7, 11) is 3.30. The predicted octanol–water partition coefficient (Wildman–Crippen LogP) is 2.57. The van der Waals surface area contributed by atoms with Crippen LogP contribution >= 0.6 is 11.6 Å². The molecule has 0 spiro atoms. The van der Waals surface area contributed by atoms with Gasteiger partial charge in [-0.2, -0.15) is 0 Å². The average molecular weight is 193 g/mol. The van der Waals surface area contributed by atoms with E-state index >= 15 is 0 Å². The van der Waals surface area contributed by atoms with Crippen LogP contribution in [0.4, 0.5) is 0 Å². The number of allylic oxidation sites excluding steroid dienone is 2. The molecule has 72 valence electrons. The van der Waals surface area contributed by atoms with Gasteiger partial charge in [-0.25, -0.2) is 0 Å². The van der Waals surface area contributed by atoms with Crippen LogP contribution in [0.1, 0.15) is 19.8 Å². The molecule has 0 heterocycles. The van der Waals surface area contributed by atoms with Crippen LogP contribution in [-0.4, -0.2) is 26.4 Å². The minimum Gasteiger partial charge on any atom is -0.356 e. The van der Waals surface area contributed by atoms with Crippen LogP contribution in [-0.2, 0) is 9.47 Å². The van der Waals surface area contributed by atoms with E-state index in [4.69, 9.17) is 21.1 Å². The van der Waals surface area contributed by atoms with Crippen LogP contribution < -0.4 is 0 Å². The standard InChI is InChI=1S/C9H17ClO2/c1-8(6-7-10)4-5-9(11-2)12-3/h6,9H,4-5,7H2,1-3H3/b8-6-. The van der Waals surface area contributed by atoms with Crippen LogP contribution in [0.3, 0.4) is 0 Å². The summed E-state index contributed by atoms with van der Waals surface area (Å²) >= 11 is 5.54. The highest BCUT2D eigenvalue weighted by Gasteiger charge is 2.03. The summed E-state index contributed by atoms with van der Waals surface area (Å²) in [6.07, 6.45) is 3.76. The zero-order chi connectivity index (χ0) is 9.40. The number of rotatable bonds is 6. The van der Waals surface area contributed by atoms with Gasteiger partial charge >= 0.3 is 0 Å². The van der Waals surface area contributed by atoms with E-state index in [1.807, 2.05) is 6.08 Å². The summed E-state index contributed by atoms with van der Waals surface area (Å²) < 4.78 is 10.1. The molecule has 0 radical (unpaired) electrons. The molecule has 0 bridgehead atoms. The lowest BCUT2D eigenvalue weighted by molar-refractivity contribution is -0.105. The number of hydrogen-bond acceptors (Lipinski definition) is 2. The highest BCUT2D eigenvalue weighted by Crippen LogP contribution is 2.09. The highest BCUT2D eigenvalue weighted by atomic mass is 35.5. The fourth-order valence-electron chi connectivity index (χ4n) is 0.911. The smallest absolute Gasteiger partial charge is 0.157 e. The maximum atomic E-state index is 5.54. The van der Waals surface area contributed by atoms with E-state index in [0.29, 0.717) is 5.88 Å². The Morgan fingerprint density at radius 1 is 1.42 bits per heavy atom. The van der Waals surface area contributed by atoms with Crippen molar-refractivity contribution in [2.75, 3.05) is 20.1 Å². The minimum atomic E-state index is -0.0938. The second-order valence-electron chi connectivity index (χ2n) is 2.64. The fourth-order valence-corrected chi connectivity index (χ4v) is 1.17. The first kappa shape index (κ1) is 11.9. The van der Waals surface area contributed by atoms with Crippen molar-refractivity contribution in [3.05, 3.63) is 11.6 Å². The largest absolute Gasteiger partial charge is 0.356 e. The van der Waals surface area contributed by atoms with Gasteiger partial charge in [-0.3, -0.25) is 0 Å². The number of methoxy groups -OCH3 is 2. The Bertz CT molecular complexity index is 130. The number of alkyl halides is 1. The van der Waals surface area contributed by atoms with Crippen molar-refractivity contribution in [3.63, 3.8) is 0 Å². The van der Waals surface area contributed by atoms with E-state index in [0.717, 1.165) is 12.8 Å². The fraction of sp³-hybridized carbons (Fsp3) is 0.778. The molecule has 0 saturated heterocycles. The van der Waals surface area contributed by atoms with Crippen LogP contribution in [0.15, 0.2) is 11.6 Å². The van der Waals surface area contributed by atoms with Crippen molar-refractivity contribution in [1.82, 2.24) is 0 Å². The van der Waals surface area contributed by atoms with Gasteiger partial charge in [-0.05, 0) is 13.3 Å². The molecule has 0 aromatic carbocycles. The van der Waals surface area contributed by atoms with Crippen molar-refractivity contribution in [2.24, 2.45) is 0 Å². The maximum absolute atomic E-state index is 5.54. The van der Waals surface area contributed by atoms with Crippen molar-refractivity contribution in [2.45, 2.75) is 26.1 Å². The Balaban J connectivity index is 3.58. The first-order valence-electron chi connectivity index (χ1n) is 4.01. The van der Waals surface area contributed by atoms with Crippen LogP contribution in [0, 0.1) is 0 Å². The van der Waals surface area contributed by atoms with Crippen molar-refractivity contribution in [3.8, 4) is 0 Å². The van der Waals surface area contributed by atoms with Crippen molar-refractivity contribution >= 4 is 11.6 Å². The third-order valence-corrected chi connectivity index (χ3v) is 1.88. The SMILES string of the molecule is COC(CC/C(C)=C\CCl)OC. The van der Waals surface area contributed by atoms with Gasteiger partial charge in [-0.15, -0.1) is 11.6 Å². The molecule has 0 aliphatic heterocycles. The van der Waals surface area contributed by atoms with E-state index in [-0.39, 0.29) is 6.29 Å². The van der Waals surface area contributed by atoms with Crippen LogP contribution in [0.2, 0.25) is 0 Å². The molecular formula is C9H17ClO2. The quantitative estimate of drug-likeness (QED) is 0.366. The number of hydrogen-bond donors (Lipinski definition) is 0. The Labute approximate surface area is 79.5 Å². The summed E-state index contributed by atoms with van der Waals surface area (Å²) in [5, 5.41) is 0. The monoisotopic (exact) mass is 192 g/mol. The van der Waals surface area contributed by atoms with E-state index in [2.05, 4.69) is 6.92 Å². The van der Waals surface area contributed by atoms with Crippen molar-refractivity contribution in [1.29, 1.82) is 0 Å². The normalized spacial score (nSPS) is 12.6. The third kappa shape index (κ3) is 5.58. The molecule has 3 heteroatoms. The first-order chi connectivity index (χ1) is 5.74. The van der Waals surface area contributed by atoms with Gasteiger partial charge in [-0.1, -0.05) is 11.6 Å². The van der Waals surface area contributed by atoms with Gasteiger partial charge in [0.25, 0.3) is 0 Å². The van der Waals surface area contributed by atoms with Gasteiger partial charge in [0.1, 0.15) is 0 Å². The highest BCUT2D eigenvalue weighted by molar-refractivity contribution is 6.18. The Morgan fingerprint density at radius 3 is 2.42 bits per heavy atom. The van der Waals surface area contributed by atoms with Crippen LogP contribution in [0.5, 0.6) is 0 Å². The van der Waals surface area contributed by atoms with Crippen molar-refractivity contribution < 1.29 is 9.47 Å². The molecule has 0 rings (SSSR count). The molecule has 0 aliphatic rings. The maximum Gasteiger partial charge on any atom is 0.157 e. The summed E-state index contributed by atoms with van der Waals surface area (Å²) in [6, 6.07) is 0. The first-order valence-corrected chi connectivity index (χ1v) is 4.55. The lowest BCUT2D eigenvalue weighted by Gasteiger charge is -2.12. The number of ether oxygens (including phenoxy) is 2. The Hall–Kier alpha value is -0.0500. The van der Waals surface area contributed by atoms with Gasteiger partial charge in [0.05, 0.1) is 0 Å². The van der Waals surface area contributed by atoms with E-state index in [1.165, 1.54) is 5.57 Å². The Morgan fingerprint density at radius 2 is 2.00 bits per heavy atom. The molecule has 12 heavy (non-hydrogen) atoms. The molecule has 0 aliphatic carbocycles.